The summed E-state index contributed by atoms with van der Waals surface area (Å²) in [5, 5.41) is 27.1. The number of hydrogen-bond acceptors (Lipinski definition) is 4. The van der Waals surface area contributed by atoms with Gasteiger partial charge in [-0.25, -0.2) is 0 Å². The van der Waals surface area contributed by atoms with E-state index in [4.69, 9.17) is 15.8 Å². The molecule has 6 rings (SSSR count). The van der Waals surface area contributed by atoms with Gasteiger partial charge in [0.15, 0.2) is 0 Å². The topological polar surface area (TPSA) is 74.6 Å². The lowest BCUT2D eigenvalue weighted by molar-refractivity contribution is 1.28. The van der Waals surface area contributed by atoms with Crippen LogP contribution in [0.15, 0.2) is 146 Å². The SMILES string of the molecule is N#Cc1ccc(C#Cc2ccc(N(c3ccc(C#Cc4ccc(C#N)cc4)cc3)c3ccc(C#Cc4ccc(C#N)cc4)cc3)cc2)cc1. The molecule has 0 radical (unpaired) electrons. The number of nitriles is 3. The fourth-order valence-electron chi connectivity index (χ4n) is 4.85. The summed E-state index contributed by atoms with van der Waals surface area (Å²) in [5.74, 6) is 19.1. The molecule has 6 aromatic rings. The maximum absolute atomic E-state index is 9.04. The third-order valence-corrected chi connectivity index (χ3v) is 7.47. The van der Waals surface area contributed by atoms with E-state index in [9.17, 15) is 0 Å². The summed E-state index contributed by atoms with van der Waals surface area (Å²) < 4.78 is 0. The minimum Gasteiger partial charge on any atom is -0.311 e. The molecule has 0 aliphatic carbocycles. The molecule has 0 fully saturated rings. The Morgan fingerprint density at radius 3 is 0.592 bits per heavy atom. The molecule has 49 heavy (non-hydrogen) atoms. The number of anilines is 3. The first-order chi connectivity index (χ1) is 24.1. The first kappa shape index (κ1) is 31.3. The van der Waals surface area contributed by atoms with Gasteiger partial charge in [0.2, 0.25) is 0 Å². The zero-order valence-corrected chi connectivity index (χ0v) is 26.1. The first-order valence-electron chi connectivity index (χ1n) is 15.3. The van der Waals surface area contributed by atoms with Gasteiger partial charge in [-0.15, -0.1) is 0 Å². The highest BCUT2D eigenvalue weighted by atomic mass is 15.1. The van der Waals surface area contributed by atoms with E-state index in [1.165, 1.54) is 0 Å². The second-order valence-electron chi connectivity index (χ2n) is 10.8. The van der Waals surface area contributed by atoms with E-state index in [1.807, 2.05) is 109 Å². The summed E-state index contributed by atoms with van der Waals surface area (Å²) in [6.45, 7) is 0. The number of rotatable bonds is 3. The van der Waals surface area contributed by atoms with Gasteiger partial charge in [-0.3, -0.25) is 0 Å². The van der Waals surface area contributed by atoms with Crippen molar-refractivity contribution in [1.29, 1.82) is 15.8 Å². The Kier molecular flexibility index (Phi) is 9.59. The summed E-state index contributed by atoms with van der Waals surface area (Å²) in [6, 6.07) is 52.2. The van der Waals surface area contributed by atoms with Crippen LogP contribution in [0.2, 0.25) is 0 Å². The Labute approximate surface area is 286 Å². The predicted octanol–water partition coefficient (Wildman–Crippen LogP) is 8.97. The standard InChI is InChI=1S/C45H24N4/c46-31-40-13-7-34(8-14-40)1-4-37-19-25-43(26-20-37)49(44-27-21-38(22-28-44)5-2-35-9-15-41(32-47)16-10-35)45-29-23-39(24-30-45)6-3-36-11-17-42(33-48)18-12-36/h7-30H. The molecule has 0 unspecified atom stereocenters. The molecule has 224 valence electrons. The normalized spacial score (nSPS) is 9.49. The zero-order chi connectivity index (χ0) is 33.8. The highest BCUT2D eigenvalue weighted by Gasteiger charge is 2.12. The van der Waals surface area contributed by atoms with Crippen LogP contribution in [-0.2, 0) is 0 Å². The van der Waals surface area contributed by atoms with Crippen LogP contribution < -0.4 is 4.90 Å². The highest BCUT2D eigenvalue weighted by molar-refractivity contribution is 5.77. The molecule has 0 aromatic heterocycles. The van der Waals surface area contributed by atoms with E-state index in [2.05, 4.69) is 58.6 Å². The number of benzene rings is 6. The van der Waals surface area contributed by atoms with Gasteiger partial charge < -0.3 is 4.90 Å². The van der Waals surface area contributed by atoms with E-state index >= 15 is 0 Å². The minimum absolute atomic E-state index is 0.604. The lowest BCUT2D eigenvalue weighted by Gasteiger charge is -2.25. The van der Waals surface area contributed by atoms with E-state index < -0.39 is 0 Å². The molecule has 0 saturated carbocycles. The molecule has 0 atom stereocenters. The minimum atomic E-state index is 0.604. The van der Waals surface area contributed by atoms with E-state index in [1.54, 1.807) is 36.4 Å². The lowest BCUT2D eigenvalue weighted by atomic mass is 10.1. The molecule has 0 spiro atoms. The van der Waals surface area contributed by atoms with Crippen LogP contribution in [-0.4, -0.2) is 0 Å². The Bertz CT molecular complexity index is 2140. The molecule has 0 aliphatic heterocycles. The smallest absolute Gasteiger partial charge is 0.0991 e. The van der Waals surface area contributed by atoms with Crippen molar-refractivity contribution in [3.05, 3.63) is 196 Å². The van der Waals surface area contributed by atoms with Crippen LogP contribution in [0, 0.1) is 69.5 Å². The molecule has 0 amide bonds. The monoisotopic (exact) mass is 620 g/mol. The predicted molar refractivity (Wildman–Crippen MR) is 193 cm³/mol. The molecule has 4 heteroatoms. The van der Waals surface area contributed by atoms with Crippen molar-refractivity contribution in [3.63, 3.8) is 0 Å². The van der Waals surface area contributed by atoms with Crippen molar-refractivity contribution in [2.24, 2.45) is 0 Å². The molecule has 0 bridgehead atoms. The van der Waals surface area contributed by atoms with Crippen LogP contribution in [0.3, 0.4) is 0 Å². The van der Waals surface area contributed by atoms with Gasteiger partial charge >= 0.3 is 0 Å². The zero-order valence-electron chi connectivity index (χ0n) is 26.1. The molecule has 6 aromatic carbocycles. The van der Waals surface area contributed by atoms with Crippen molar-refractivity contribution in [2.75, 3.05) is 4.90 Å². The van der Waals surface area contributed by atoms with Crippen molar-refractivity contribution in [2.45, 2.75) is 0 Å². The fraction of sp³-hybridized carbons (Fsp3) is 0. The first-order valence-corrected chi connectivity index (χ1v) is 15.3. The second kappa shape index (κ2) is 15.0. The molecule has 0 saturated heterocycles. The fourth-order valence-corrected chi connectivity index (χ4v) is 4.85. The van der Waals surface area contributed by atoms with Crippen LogP contribution in [0.25, 0.3) is 0 Å². The van der Waals surface area contributed by atoms with Gasteiger partial charge in [0.1, 0.15) is 0 Å². The molecule has 4 nitrogen and oxygen atoms in total. The van der Waals surface area contributed by atoms with Gasteiger partial charge in [-0.2, -0.15) is 15.8 Å². The third kappa shape index (κ3) is 8.11. The van der Waals surface area contributed by atoms with Crippen LogP contribution in [0.4, 0.5) is 17.1 Å². The van der Waals surface area contributed by atoms with Gasteiger partial charge in [-0.05, 0) is 146 Å². The Morgan fingerprint density at radius 2 is 0.408 bits per heavy atom. The summed E-state index contributed by atoms with van der Waals surface area (Å²) in [7, 11) is 0. The maximum Gasteiger partial charge on any atom is 0.0991 e. The average Bonchev–Trinajstić information content (AvgIpc) is 3.17. The second-order valence-corrected chi connectivity index (χ2v) is 10.8. The molecule has 0 N–H and O–H groups in total. The van der Waals surface area contributed by atoms with E-state index in [-0.39, 0.29) is 0 Å². The Balaban J connectivity index is 1.28. The van der Waals surface area contributed by atoms with Gasteiger partial charge in [0.05, 0.1) is 34.9 Å². The third-order valence-electron chi connectivity index (χ3n) is 7.47. The Morgan fingerprint density at radius 1 is 0.245 bits per heavy atom. The van der Waals surface area contributed by atoms with Crippen molar-refractivity contribution in [3.8, 4) is 53.7 Å². The number of nitrogens with zero attached hydrogens (tertiary/aromatic N) is 4. The van der Waals surface area contributed by atoms with E-state index in [0.29, 0.717) is 16.7 Å². The molecular weight excluding hydrogens is 597 g/mol. The van der Waals surface area contributed by atoms with Crippen LogP contribution in [0.1, 0.15) is 50.1 Å². The highest BCUT2D eigenvalue weighted by Crippen LogP contribution is 2.34. The summed E-state index contributed by atoms with van der Waals surface area (Å²) in [4.78, 5) is 2.16. The lowest BCUT2D eigenvalue weighted by Crippen LogP contribution is -2.09. The van der Waals surface area contributed by atoms with Crippen molar-refractivity contribution < 1.29 is 0 Å². The van der Waals surface area contributed by atoms with Gasteiger partial charge in [0.25, 0.3) is 0 Å². The Hall–Kier alpha value is -7.73. The van der Waals surface area contributed by atoms with Crippen molar-refractivity contribution in [1.82, 2.24) is 0 Å². The van der Waals surface area contributed by atoms with Gasteiger partial charge in [-0.1, -0.05) is 35.5 Å². The average molecular weight is 621 g/mol. The quantitative estimate of drug-likeness (QED) is 0.185. The summed E-state index contributed by atoms with van der Waals surface area (Å²) in [5.41, 5.74) is 9.82. The largest absolute Gasteiger partial charge is 0.311 e. The van der Waals surface area contributed by atoms with E-state index in [0.717, 1.165) is 50.4 Å². The number of hydrogen-bond donors (Lipinski definition) is 0. The summed E-state index contributed by atoms with van der Waals surface area (Å²) >= 11 is 0. The van der Waals surface area contributed by atoms with Crippen molar-refractivity contribution >= 4 is 17.1 Å². The molecular formula is C45H24N4. The molecule has 0 aliphatic rings. The molecule has 0 heterocycles. The summed E-state index contributed by atoms with van der Waals surface area (Å²) in [6.07, 6.45) is 0. The van der Waals surface area contributed by atoms with Crippen LogP contribution in [0.5, 0.6) is 0 Å². The van der Waals surface area contributed by atoms with Crippen LogP contribution >= 0.6 is 0 Å². The maximum atomic E-state index is 9.04. The van der Waals surface area contributed by atoms with Gasteiger partial charge in [0, 0.05) is 50.4 Å².